The molecule has 16 heteroatoms. The number of amides is 4. The molecule has 16 nitrogen and oxygen atoms in total. The number of hydrogen-bond acceptors (Lipinski definition) is 11. The Morgan fingerprint density at radius 3 is 2.49 bits per heavy atom. The fraction of sp³-hybridized carbons (Fsp3) is 0.500. The van der Waals surface area contributed by atoms with E-state index in [-0.39, 0.29) is 61.7 Å². The van der Waals surface area contributed by atoms with E-state index in [1.807, 2.05) is 43.9 Å². The Bertz CT molecular complexity index is 2630. The van der Waals surface area contributed by atoms with E-state index in [4.69, 9.17) is 14.5 Å². The van der Waals surface area contributed by atoms with Crippen LogP contribution in [0, 0.1) is 5.41 Å². The van der Waals surface area contributed by atoms with E-state index in [9.17, 15) is 29.1 Å². The van der Waals surface area contributed by atoms with E-state index in [1.54, 1.807) is 46.3 Å². The van der Waals surface area contributed by atoms with E-state index in [0.717, 1.165) is 39.0 Å². The summed E-state index contributed by atoms with van der Waals surface area (Å²) in [6, 6.07) is 13.2. The zero-order valence-electron chi connectivity index (χ0n) is 41.4. The van der Waals surface area contributed by atoms with Crippen molar-refractivity contribution in [1.82, 2.24) is 40.0 Å². The molecule has 2 saturated heterocycles. The van der Waals surface area contributed by atoms with Gasteiger partial charge in [0.15, 0.2) is 0 Å². The van der Waals surface area contributed by atoms with E-state index in [2.05, 4.69) is 54.3 Å². The molecule has 68 heavy (non-hydrogen) atoms. The Morgan fingerprint density at radius 2 is 1.81 bits per heavy atom. The molecule has 4 amide bonds. The van der Waals surface area contributed by atoms with Crippen molar-refractivity contribution in [1.29, 1.82) is 0 Å². The molecule has 0 aliphatic carbocycles. The molecule has 1 unspecified atom stereocenters. The summed E-state index contributed by atoms with van der Waals surface area (Å²) in [7, 11) is 4.72. The molecule has 2 aromatic carbocycles. The lowest BCUT2D eigenvalue weighted by atomic mass is 9.84. The van der Waals surface area contributed by atoms with Crippen LogP contribution in [0.2, 0.25) is 0 Å². The number of aryl methyl sites for hydroxylation is 1. The molecule has 3 aliphatic heterocycles. The van der Waals surface area contributed by atoms with E-state index >= 15 is 0 Å². The third kappa shape index (κ3) is 10.5. The van der Waals surface area contributed by atoms with Crippen LogP contribution in [0.1, 0.15) is 91.2 Å². The number of likely N-dealkylation sites (N-methyl/N-ethyl adjacent to an activating group) is 2. The van der Waals surface area contributed by atoms with Gasteiger partial charge in [0.05, 0.1) is 30.6 Å². The predicted molar refractivity (Wildman–Crippen MR) is 260 cm³/mol. The summed E-state index contributed by atoms with van der Waals surface area (Å²) in [5.74, 6) is -2.35. The Hall–Kier alpha value is -6.10. The van der Waals surface area contributed by atoms with Crippen molar-refractivity contribution < 1.29 is 38.6 Å². The number of pyridine rings is 1. The highest BCUT2D eigenvalue weighted by molar-refractivity contribution is 6.01. The van der Waals surface area contributed by atoms with E-state index in [1.165, 1.54) is 21.9 Å². The molecule has 3 N–H and O–H groups in total. The van der Waals surface area contributed by atoms with Crippen molar-refractivity contribution in [3.63, 3.8) is 0 Å². The van der Waals surface area contributed by atoms with Crippen LogP contribution in [-0.2, 0) is 52.8 Å². The standard InChI is InChI=1S/C52H68N8O8/c1-12-58-42-18-17-34-25-38(42)39(47(58)37-15-13-19-53-45(37)32(6)67-11)26-52(7,8)29-68-51(66)40-16-14-20-60(55-40)49(64)41(23-33-21-35(34)24-36(61)22-33)54-48(63)46(30(2)3)57(10)44(62)28-56(9)50(65)43-27-59(43)31(4)5/h13,15,17-19,21-22,24-25,31-32,40-41,43,55,61H,12,14,16,20,23,26-29H2,1-11H3,(H,54,63)/t32-,40-,41-,43-,59?/m0/s1. The average Bonchev–Trinajstić information content (AvgIpc) is 4.06. The first-order valence-electron chi connectivity index (χ1n) is 23.7. The lowest BCUT2D eigenvalue weighted by molar-refractivity contribution is -0.155. The molecule has 0 spiro atoms. The number of fused-ring (bicyclic) bond motifs is 6. The summed E-state index contributed by atoms with van der Waals surface area (Å²) in [5.41, 5.74) is 9.97. The normalized spacial score (nSPS) is 20.9. The number of methoxy groups -OCH3 is 1. The van der Waals surface area contributed by atoms with Crippen molar-refractivity contribution in [3.8, 4) is 28.1 Å². The molecule has 0 saturated carbocycles. The Balaban J connectivity index is 1.28. The number of carbonyl (C=O) groups excluding carboxylic acids is 5. The number of nitrogens with one attached hydrogen (secondary N) is 2. The molecule has 7 rings (SSSR count). The highest BCUT2D eigenvalue weighted by Crippen LogP contribution is 2.42. The van der Waals surface area contributed by atoms with Gasteiger partial charge in [-0.05, 0) is 125 Å². The monoisotopic (exact) mass is 933 g/mol. The predicted octanol–water partition coefficient (Wildman–Crippen LogP) is 5.75. The van der Waals surface area contributed by atoms with Gasteiger partial charge in [-0.3, -0.25) is 38.9 Å². The van der Waals surface area contributed by atoms with Crippen molar-refractivity contribution in [2.24, 2.45) is 5.41 Å². The number of aromatic nitrogens is 2. The van der Waals surface area contributed by atoms with Crippen LogP contribution < -0.4 is 10.7 Å². The van der Waals surface area contributed by atoms with Crippen molar-refractivity contribution in [2.45, 2.75) is 118 Å². The number of phenolic OH excluding ortho intramolecular Hbond substituents is 1. The van der Waals surface area contributed by atoms with Gasteiger partial charge < -0.3 is 34.3 Å². The number of ether oxygens (including phenoxy) is 2. The van der Waals surface area contributed by atoms with Gasteiger partial charge in [0.25, 0.3) is 11.8 Å². The molecule has 0 radical (unpaired) electrons. The minimum atomic E-state index is -1.21. The number of rotatable bonds is 11. The number of allylic oxidation sites excluding steroid dienone is 1. The summed E-state index contributed by atoms with van der Waals surface area (Å²) < 4.78 is 14.2. The van der Waals surface area contributed by atoms with Crippen molar-refractivity contribution in [3.05, 3.63) is 82.8 Å². The summed E-state index contributed by atoms with van der Waals surface area (Å²) in [4.78, 5) is 79.4. The molecule has 6 bridgehead atoms. The maximum Gasteiger partial charge on any atom is 0.324 e. The highest BCUT2D eigenvalue weighted by Gasteiger charge is 2.44. The number of phenols is 1. The molecule has 5 heterocycles. The van der Waals surface area contributed by atoms with Crippen LogP contribution in [0.4, 0.5) is 0 Å². The number of nitrogens with zero attached hydrogens (tertiary/aromatic N) is 6. The van der Waals surface area contributed by atoms with E-state index < -0.39 is 41.2 Å². The maximum atomic E-state index is 14.7. The van der Waals surface area contributed by atoms with Crippen LogP contribution in [0.15, 0.2) is 66.0 Å². The summed E-state index contributed by atoms with van der Waals surface area (Å²) in [6.45, 7) is 17.0. The average molecular weight is 933 g/mol. The SMILES string of the molecule is CCn1c(-c2cccnc2[C@H](C)OC)c2c3cc(ccc31)-c1cc(O)cc(c1)C[C@H](NC(=O)C(=C(C)C)N(C)C(=O)CN(C)C(=O)[C@@H]1CN1C(C)C)C(=O)N1CCC[C@H](N1)C(=O)OCC(C)(C)C2. The number of hydrazine groups is 1. The number of benzene rings is 2. The largest absolute Gasteiger partial charge is 0.508 e. The van der Waals surface area contributed by atoms with Gasteiger partial charge >= 0.3 is 5.97 Å². The molecule has 3 aliphatic rings. The number of hydrogen-bond donors (Lipinski definition) is 3. The first-order valence-corrected chi connectivity index (χ1v) is 23.7. The lowest BCUT2D eigenvalue weighted by Gasteiger charge is -2.36. The molecule has 4 aromatic rings. The molecule has 2 aromatic heterocycles. The second-order valence-electron chi connectivity index (χ2n) is 19.8. The van der Waals surface area contributed by atoms with Gasteiger partial charge in [-0.25, -0.2) is 5.43 Å². The van der Waals surface area contributed by atoms with Crippen LogP contribution in [0.25, 0.3) is 33.3 Å². The molecular formula is C52H68N8O8. The molecule has 2 fully saturated rings. The fourth-order valence-corrected chi connectivity index (χ4v) is 9.72. The Kier molecular flexibility index (Phi) is 14.8. The van der Waals surface area contributed by atoms with Crippen LogP contribution in [0.5, 0.6) is 5.75 Å². The van der Waals surface area contributed by atoms with Gasteiger partial charge in [-0.2, -0.15) is 0 Å². The van der Waals surface area contributed by atoms with Gasteiger partial charge in [-0.15, -0.1) is 0 Å². The van der Waals surface area contributed by atoms with Crippen LogP contribution in [0.3, 0.4) is 0 Å². The zero-order valence-corrected chi connectivity index (χ0v) is 41.4. The highest BCUT2D eigenvalue weighted by atomic mass is 16.5. The minimum absolute atomic E-state index is 0.0261. The van der Waals surface area contributed by atoms with Crippen LogP contribution >= 0.6 is 0 Å². The first kappa shape index (κ1) is 49.8. The van der Waals surface area contributed by atoms with E-state index in [0.29, 0.717) is 49.1 Å². The number of carbonyl (C=O) groups is 5. The zero-order chi connectivity index (χ0) is 49.4. The first-order chi connectivity index (χ1) is 32.2. The quantitative estimate of drug-likeness (QED) is 0.0948. The van der Waals surface area contributed by atoms with Gasteiger partial charge in [0.2, 0.25) is 11.8 Å². The molecular weight excluding hydrogens is 865 g/mol. The lowest BCUT2D eigenvalue weighted by Crippen LogP contribution is -2.60. The third-order valence-corrected chi connectivity index (χ3v) is 13.4. The van der Waals surface area contributed by atoms with Crippen molar-refractivity contribution >= 4 is 40.5 Å². The second kappa shape index (κ2) is 20.2. The fourth-order valence-electron chi connectivity index (χ4n) is 9.72. The van der Waals surface area contributed by atoms with Crippen LogP contribution in [-0.4, -0.2) is 136 Å². The smallest absolute Gasteiger partial charge is 0.324 e. The van der Waals surface area contributed by atoms with Gasteiger partial charge in [-0.1, -0.05) is 26.0 Å². The Morgan fingerprint density at radius 1 is 1.06 bits per heavy atom. The van der Waals surface area contributed by atoms with Crippen molar-refractivity contribution in [2.75, 3.05) is 47.4 Å². The third-order valence-electron chi connectivity index (χ3n) is 13.4. The number of cyclic esters (lactones) is 1. The van der Waals surface area contributed by atoms with Gasteiger partial charge in [0, 0.05) is 81.4 Å². The second-order valence-corrected chi connectivity index (χ2v) is 19.8. The molecule has 5 atom stereocenters. The van der Waals surface area contributed by atoms with Gasteiger partial charge in [0.1, 0.15) is 29.6 Å². The number of esters is 1. The summed E-state index contributed by atoms with van der Waals surface area (Å²) in [6.07, 6.45) is 2.89. The topological polar surface area (TPSA) is 179 Å². The summed E-state index contributed by atoms with van der Waals surface area (Å²) in [5, 5.41) is 16.6. The summed E-state index contributed by atoms with van der Waals surface area (Å²) >= 11 is 0. The minimum Gasteiger partial charge on any atom is -0.508 e. The maximum absolute atomic E-state index is 14.7. The number of aromatic hydroxyl groups is 1. The Labute approximate surface area is 399 Å². The molecule has 364 valence electrons.